The molecular formula is C28H32N2O2. The lowest BCUT2D eigenvalue weighted by Gasteiger charge is -2.51. The van der Waals surface area contributed by atoms with Crippen LogP contribution in [0.5, 0.6) is 11.5 Å². The Morgan fingerprint density at radius 3 is 2.75 bits per heavy atom. The minimum Gasteiger partial charge on any atom is -0.497 e. The first-order valence-electron chi connectivity index (χ1n) is 12.0. The van der Waals surface area contributed by atoms with Crippen molar-refractivity contribution >= 4 is 10.9 Å². The van der Waals surface area contributed by atoms with Crippen molar-refractivity contribution in [1.82, 2.24) is 9.88 Å². The highest BCUT2D eigenvalue weighted by Gasteiger charge is 2.48. The number of methoxy groups -OCH3 is 2. The third kappa shape index (κ3) is 3.36. The summed E-state index contributed by atoms with van der Waals surface area (Å²) in [6.07, 6.45) is 6.11. The molecule has 2 fully saturated rings. The Morgan fingerprint density at radius 1 is 1.06 bits per heavy atom. The number of pyridine rings is 1. The summed E-state index contributed by atoms with van der Waals surface area (Å²) < 4.78 is 11.3. The Morgan fingerprint density at radius 2 is 1.94 bits per heavy atom. The second-order valence-electron chi connectivity index (χ2n) is 10.0. The Hall–Kier alpha value is -2.59. The van der Waals surface area contributed by atoms with E-state index in [1.807, 2.05) is 12.1 Å². The number of hydrogen-bond donors (Lipinski definition) is 0. The van der Waals surface area contributed by atoms with E-state index in [9.17, 15) is 0 Å². The van der Waals surface area contributed by atoms with Crippen LogP contribution < -0.4 is 9.47 Å². The predicted octanol–water partition coefficient (Wildman–Crippen LogP) is 5.02. The van der Waals surface area contributed by atoms with Gasteiger partial charge in [-0.2, -0.15) is 0 Å². The van der Waals surface area contributed by atoms with E-state index in [2.05, 4.69) is 41.3 Å². The lowest BCUT2D eigenvalue weighted by atomic mass is 9.58. The Bertz CT molecular complexity index is 1160. The topological polar surface area (TPSA) is 34.6 Å². The number of rotatable bonds is 5. The van der Waals surface area contributed by atoms with Gasteiger partial charge in [0, 0.05) is 36.0 Å². The van der Waals surface area contributed by atoms with E-state index in [1.165, 1.54) is 55.7 Å². The van der Waals surface area contributed by atoms with E-state index < -0.39 is 0 Å². The highest BCUT2D eigenvalue weighted by Crippen LogP contribution is 2.49. The number of piperidine rings is 1. The van der Waals surface area contributed by atoms with Crippen molar-refractivity contribution in [3.05, 3.63) is 65.4 Å². The molecule has 0 unspecified atom stereocenters. The molecule has 0 N–H and O–H groups in total. The maximum absolute atomic E-state index is 5.65. The standard InChI is InChI=1S/C28H32N2O2/c1-31-23-6-3-5-21(15-23)28-11-12-30(17-19-9-10-19)18-22(28)13-20-14-24-25(29-26(20)16-28)7-4-8-27(24)32-2/h3-8,14-15,19,22H,9-13,16-18H2,1-2H3/t22-,28-/m0/s1. The molecule has 2 heterocycles. The molecule has 2 aromatic carbocycles. The number of likely N-dealkylation sites (tertiary alicyclic amines) is 1. The van der Waals surface area contributed by atoms with Crippen LogP contribution in [0, 0.1) is 11.8 Å². The van der Waals surface area contributed by atoms with Crippen molar-refractivity contribution in [2.45, 2.75) is 37.5 Å². The van der Waals surface area contributed by atoms with Crippen LogP contribution >= 0.6 is 0 Å². The summed E-state index contributed by atoms with van der Waals surface area (Å²) in [6.45, 7) is 3.64. The van der Waals surface area contributed by atoms with Crippen LogP contribution in [0.2, 0.25) is 0 Å². The van der Waals surface area contributed by atoms with Crippen molar-refractivity contribution in [2.24, 2.45) is 11.8 Å². The third-order valence-electron chi connectivity index (χ3n) is 8.15. The van der Waals surface area contributed by atoms with Crippen molar-refractivity contribution < 1.29 is 9.47 Å². The Kier molecular flexibility index (Phi) is 4.87. The third-order valence-corrected chi connectivity index (χ3v) is 8.15. The SMILES string of the molecule is COc1cccc([C@@]23CCN(CC4CC4)C[C@@H]2Cc2cc4c(OC)cccc4nc2C3)c1. The molecule has 0 bridgehead atoms. The fourth-order valence-corrected chi connectivity index (χ4v) is 6.20. The fourth-order valence-electron chi connectivity index (χ4n) is 6.20. The smallest absolute Gasteiger partial charge is 0.128 e. The molecule has 4 heteroatoms. The Labute approximate surface area is 190 Å². The summed E-state index contributed by atoms with van der Waals surface area (Å²) >= 11 is 0. The first-order valence-corrected chi connectivity index (χ1v) is 12.0. The van der Waals surface area contributed by atoms with Crippen LogP contribution in [-0.4, -0.2) is 43.7 Å². The minimum atomic E-state index is 0.126. The molecule has 0 radical (unpaired) electrons. The molecule has 2 aliphatic carbocycles. The van der Waals surface area contributed by atoms with Gasteiger partial charge in [0.25, 0.3) is 0 Å². The molecule has 166 valence electrons. The van der Waals surface area contributed by atoms with Gasteiger partial charge >= 0.3 is 0 Å². The van der Waals surface area contributed by atoms with Crippen molar-refractivity contribution in [3.63, 3.8) is 0 Å². The molecule has 4 nitrogen and oxygen atoms in total. The van der Waals surface area contributed by atoms with Crippen molar-refractivity contribution in [3.8, 4) is 11.5 Å². The van der Waals surface area contributed by atoms with E-state index in [0.29, 0.717) is 5.92 Å². The van der Waals surface area contributed by atoms with E-state index in [4.69, 9.17) is 14.5 Å². The van der Waals surface area contributed by atoms with Crippen molar-refractivity contribution in [2.75, 3.05) is 33.9 Å². The molecule has 1 saturated heterocycles. The van der Waals surface area contributed by atoms with Gasteiger partial charge in [0.15, 0.2) is 0 Å². The summed E-state index contributed by atoms with van der Waals surface area (Å²) in [5, 5.41) is 1.13. The average molecular weight is 429 g/mol. The summed E-state index contributed by atoms with van der Waals surface area (Å²) in [4.78, 5) is 7.92. The monoisotopic (exact) mass is 428 g/mol. The Balaban J connectivity index is 1.44. The predicted molar refractivity (Wildman–Crippen MR) is 128 cm³/mol. The van der Waals surface area contributed by atoms with Gasteiger partial charge in [-0.15, -0.1) is 0 Å². The molecule has 0 spiro atoms. The molecule has 3 aliphatic rings. The largest absolute Gasteiger partial charge is 0.497 e. The average Bonchev–Trinajstić information content (AvgIpc) is 3.65. The van der Waals surface area contributed by atoms with Gasteiger partial charge in [0.1, 0.15) is 11.5 Å². The highest BCUT2D eigenvalue weighted by atomic mass is 16.5. The molecule has 1 aromatic heterocycles. The lowest BCUT2D eigenvalue weighted by molar-refractivity contribution is 0.0777. The zero-order valence-corrected chi connectivity index (χ0v) is 19.1. The van der Waals surface area contributed by atoms with Crippen LogP contribution in [0.4, 0.5) is 0 Å². The summed E-state index contributed by atoms with van der Waals surface area (Å²) in [6, 6.07) is 17.4. The maximum atomic E-state index is 5.65. The summed E-state index contributed by atoms with van der Waals surface area (Å²) in [5.74, 6) is 3.40. The minimum absolute atomic E-state index is 0.126. The molecular weight excluding hydrogens is 396 g/mol. The number of ether oxygens (including phenoxy) is 2. The van der Waals surface area contributed by atoms with Gasteiger partial charge in [-0.1, -0.05) is 18.2 Å². The first kappa shape index (κ1) is 20.0. The van der Waals surface area contributed by atoms with E-state index in [0.717, 1.165) is 41.2 Å². The second-order valence-corrected chi connectivity index (χ2v) is 10.0. The quantitative estimate of drug-likeness (QED) is 0.572. The van der Waals surface area contributed by atoms with Gasteiger partial charge in [-0.25, -0.2) is 0 Å². The molecule has 6 rings (SSSR count). The van der Waals surface area contributed by atoms with E-state index in [1.54, 1.807) is 14.2 Å². The zero-order chi connectivity index (χ0) is 21.7. The molecule has 1 saturated carbocycles. The molecule has 0 amide bonds. The van der Waals surface area contributed by atoms with E-state index >= 15 is 0 Å². The van der Waals surface area contributed by atoms with Crippen LogP contribution in [0.1, 0.15) is 36.1 Å². The molecule has 1 aliphatic heterocycles. The van der Waals surface area contributed by atoms with Gasteiger partial charge in [0.2, 0.25) is 0 Å². The lowest BCUT2D eigenvalue weighted by Crippen LogP contribution is -2.54. The number of benzene rings is 2. The maximum Gasteiger partial charge on any atom is 0.128 e. The van der Waals surface area contributed by atoms with Gasteiger partial charge in [0.05, 0.1) is 19.7 Å². The first-order chi connectivity index (χ1) is 15.7. The van der Waals surface area contributed by atoms with Crippen LogP contribution in [-0.2, 0) is 18.3 Å². The summed E-state index contributed by atoms with van der Waals surface area (Å²) in [7, 11) is 3.52. The van der Waals surface area contributed by atoms with Crippen LogP contribution in [0.15, 0.2) is 48.5 Å². The molecule has 2 atom stereocenters. The normalized spacial score (nSPS) is 25.2. The van der Waals surface area contributed by atoms with Crippen LogP contribution in [0.25, 0.3) is 10.9 Å². The molecule has 32 heavy (non-hydrogen) atoms. The van der Waals surface area contributed by atoms with Crippen molar-refractivity contribution in [1.29, 1.82) is 0 Å². The van der Waals surface area contributed by atoms with Gasteiger partial charge in [-0.3, -0.25) is 4.98 Å². The fraction of sp³-hybridized carbons (Fsp3) is 0.464. The van der Waals surface area contributed by atoms with Gasteiger partial charge < -0.3 is 14.4 Å². The van der Waals surface area contributed by atoms with Gasteiger partial charge in [-0.05, 0) is 85.5 Å². The number of nitrogens with zero attached hydrogens (tertiary/aromatic N) is 2. The number of hydrogen-bond acceptors (Lipinski definition) is 4. The van der Waals surface area contributed by atoms with Crippen LogP contribution in [0.3, 0.4) is 0 Å². The zero-order valence-electron chi connectivity index (χ0n) is 19.1. The van der Waals surface area contributed by atoms with E-state index in [-0.39, 0.29) is 5.41 Å². The number of fused-ring (bicyclic) bond motifs is 3. The molecule has 3 aromatic rings. The number of aromatic nitrogens is 1. The summed E-state index contributed by atoms with van der Waals surface area (Å²) in [5.41, 5.74) is 5.25. The highest BCUT2D eigenvalue weighted by molar-refractivity contribution is 5.86. The second kappa shape index (κ2) is 7.77.